The van der Waals surface area contributed by atoms with E-state index in [0.29, 0.717) is 30.1 Å². The third-order valence-electron chi connectivity index (χ3n) is 10.1. The minimum Gasteiger partial charge on any atom is -0.480 e. The van der Waals surface area contributed by atoms with Crippen LogP contribution >= 0.6 is 11.6 Å². The number of likely N-dealkylation sites (N-methyl/N-ethyl adjacent to an activating group) is 1. The first kappa shape index (κ1) is 41.9. The van der Waals surface area contributed by atoms with E-state index in [4.69, 9.17) is 11.6 Å². The van der Waals surface area contributed by atoms with E-state index >= 15 is 0 Å². The van der Waals surface area contributed by atoms with E-state index in [1.165, 1.54) is 0 Å². The molecule has 56 heavy (non-hydrogen) atoms. The molecule has 0 saturated heterocycles. The molecule has 0 saturated carbocycles. The number of nitrogens with zero attached hydrogens (tertiary/aromatic N) is 2. The van der Waals surface area contributed by atoms with Gasteiger partial charge in [-0.1, -0.05) is 136 Å². The Balaban J connectivity index is 1.45. The number of rotatable bonds is 18. The summed E-state index contributed by atoms with van der Waals surface area (Å²) in [6.45, 7) is 8.76. The lowest BCUT2D eigenvalue weighted by Crippen LogP contribution is -2.58. The molecule has 10 heteroatoms. The lowest BCUT2D eigenvalue weighted by atomic mass is 9.96. The van der Waals surface area contributed by atoms with E-state index in [-0.39, 0.29) is 31.2 Å². The van der Waals surface area contributed by atoms with E-state index in [2.05, 4.69) is 45.9 Å². The van der Waals surface area contributed by atoms with Gasteiger partial charge in [-0.05, 0) is 75.7 Å². The molecule has 3 atom stereocenters. The van der Waals surface area contributed by atoms with E-state index in [1.54, 1.807) is 36.9 Å². The lowest BCUT2D eigenvalue weighted by Gasteiger charge is -2.35. The molecule has 5 rings (SSSR count). The van der Waals surface area contributed by atoms with Crippen LogP contribution in [0.2, 0.25) is 5.02 Å². The number of benzene rings is 5. The highest BCUT2D eigenvalue weighted by Gasteiger charge is 2.35. The van der Waals surface area contributed by atoms with Crippen LogP contribution in [0.5, 0.6) is 0 Å². The smallest absolute Gasteiger partial charge is 0.326 e. The first-order chi connectivity index (χ1) is 26.8. The molecule has 0 spiro atoms. The maximum absolute atomic E-state index is 14.7. The van der Waals surface area contributed by atoms with Crippen LogP contribution in [0.4, 0.5) is 0 Å². The average molecular weight is 777 g/mol. The zero-order valence-corrected chi connectivity index (χ0v) is 33.6. The summed E-state index contributed by atoms with van der Waals surface area (Å²) in [5.74, 6) is -2.91. The van der Waals surface area contributed by atoms with Gasteiger partial charge in [0.1, 0.15) is 18.1 Å². The second-order valence-corrected chi connectivity index (χ2v) is 15.8. The molecule has 0 fully saturated rings. The van der Waals surface area contributed by atoms with E-state index in [1.807, 2.05) is 81.6 Å². The minimum atomic E-state index is -1.16. The Morgan fingerprint density at radius 2 is 1.36 bits per heavy atom. The molecule has 0 bridgehead atoms. The number of carboxylic acids is 1. The van der Waals surface area contributed by atoms with E-state index < -0.39 is 41.8 Å². The molecule has 3 N–H and O–H groups in total. The number of fused-ring (bicyclic) bond motifs is 2. The minimum absolute atomic E-state index is 0.00939. The van der Waals surface area contributed by atoms with Crippen molar-refractivity contribution in [2.45, 2.75) is 71.6 Å². The molecule has 3 unspecified atom stereocenters. The molecule has 0 aromatic heterocycles. The number of nitrogens with one attached hydrogen (secondary N) is 2. The number of amides is 3. The quantitative estimate of drug-likeness (QED) is 0.0848. The Morgan fingerprint density at radius 1 is 0.714 bits per heavy atom. The van der Waals surface area contributed by atoms with Crippen LogP contribution in [0.15, 0.2) is 109 Å². The van der Waals surface area contributed by atoms with Crippen LogP contribution in [-0.2, 0) is 38.6 Å². The first-order valence-electron chi connectivity index (χ1n) is 19.3. The van der Waals surface area contributed by atoms with Gasteiger partial charge in [-0.25, -0.2) is 4.79 Å². The fraction of sp³-hybridized carbons (Fsp3) is 0.348. The molecule has 9 nitrogen and oxygen atoms in total. The Kier molecular flexibility index (Phi) is 14.6. The molecular weight excluding hydrogens is 724 g/mol. The van der Waals surface area contributed by atoms with Gasteiger partial charge in [-0.15, -0.1) is 0 Å². The number of aliphatic carboxylic acids is 1. The Labute approximate surface area is 335 Å². The summed E-state index contributed by atoms with van der Waals surface area (Å²) in [4.78, 5) is 59.0. The van der Waals surface area contributed by atoms with Crippen molar-refractivity contribution in [3.63, 3.8) is 0 Å². The number of hydrogen-bond donors (Lipinski definition) is 3. The molecule has 0 aliphatic carbocycles. The highest BCUT2D eigenvalue weighted by atomic mass is 35.5. The molecule has 5 aromatic rings. The van der Waals surface area contributed by atoms with Gasteiger partial charge in [0.15, 0.2) is 0 Å². The van der Waals surface area contributed by atoms with Crippen LogP contribution in [0, 0.1) is 11.8 Å². The fourth-order valence-electron chi connectivity index (χ4n) is 7.12. The maximum Gasteiger partial charge on any atom is 0.326 e. The molecule has 5 aromatic carbocycles. The Bertz CT molecular complexity index is 2150. The summed E-state index contributed by atoms with van der Waals surface area (Å²) in [6.07, 6.45) is 0.436. The Morgan fingerprint density at radius 3 is 2.05 bits per heavy atom. The highest BCUT2D eigenvalue weighted by Crippen LogP contribution is 2.23. The second kappa shape index (κ2) is 19.6. The third-order valence-corrected chi connectivity index (χ3v) is 10.5. The van der Waals surface area contributed by atoms with Crippen molar-refractivity contribution in [2.24, 2.45) is 11.8 Å². The summed E-state index contributed by atoms with van der Waals surface area (Å²) in [5.41, 5.74) is 2.60. The molecule has 294 valence electrons. The lowest BCUT2D eigenvalue weighted by molar-refractivity contribution is -0.144. The normalized spacial score (nSPS) is 13.2. The standard InChI is InChI=1S/C46H53ClN4O5/c1-30(2)25-41(45(54)48-40(44(53)49-43(31(3)4)46(55)56)27-36-18-12-17-34-14-8-10-19-38(34)36)51(42(52)28-37-16-9-11-20-39(37)47)24-23-50(5)29-32-21-22-33-13-6-7-15-35(33)26-32/h6-22,26,30-31,40-41,43H,23-25,27-29H2,1-5H3,(H,48,54)(H,49,53)(H,55,56). The van der Waals surface area contributed by atoms with Crippen molar-refractivity contribution in [1.82, 2.24) is 20.4 Å². The third kappa shape index (κ3) is 11.2. The molecular formula is C46H53ClN4O5. The number of carboxylic acid groups (broad SMARTS) is 1. The highest BCUT2D eigenvalue weighted by molar-refractivity contribution is 6.31. The predicted octanol–water partition coefficient (Wildman–Crippen LogP) is 7.52. The van der Waals surface area contributed by atoms with E-state index in [0.717, 1.165) is 32.7 Å². The molecule has 0 aliphatic rings. The van der Waals surface area contributed by atoms with Gasteiger partial charge >= 0.3 is 5.97 Å². The van der Waals surface area contributed by atoms with Crippen molar-refractivity contribution >= 4 is 56.8 Å². The van der Waals surface area contributed by atoms with Crippen molar-refractivity contribution in [1.29, 1.82) is 0 Å². The summed E-state index contributed by atoms with van der Waals surface area (Å²) in [6, 6.07) is 32.1. The predicted molar refractivity (Wildman–Crippen MR) is 224 cm³/mol. The number of hydrogen-bond acceptors (Lipinski definition) is 5. The first-order valence-corrected chi connectivity index (χ1v) is 19.7. The monoisotopic (exact) mass is 776 g/mol. The summed E-state index contributed by atoms with van der Waals surface area (Å²) < 4.78 is 0. The molecule has 0 radical (unpaired) electrons. The van der Waals surface area contributed by atoms with Gasteiger partial charge in [-0.3, -0.25) is 14.4 Å². The second-order valence-electron chi connectivity index (χ2n) is 15.4. The van der Waals surface area contributed by atoms with Gasteiger partial charge in [0, 0.05) is 31.1 Å². The number of carbonyl (C=O) groups is 4. The van der Waals surface area contributed by atoms with Crippen LogP contribution in [-0.4, -0.2) is 76.9 Å². The van der Waals surface area contributed by atoms with Gasteiger partial charge in [-0.2, -0.15) is 0 Å². The SMILES string of the molecule is CC(C)CC(C(=O)NC(Cc1cccc2ccccc12)C(=O)NC(C(=O)O)C(C)C)N(CCN(C)Cc1ccc2ccccc2c1)C(=O)Cc1ccccc1Cl. The van der Waals surface area contributed by atoms with Crippen molar-refractivity contribution in [3.8, 4) is 0 Å². The van der Waals surface area contributed by atoms with Crippen molar-refractivity contribution in [3.05, 3.63) is 131 Å². The molecule has 3 amide bonds. The summed E-state index contributed by atoms with van der Waals surface area (Å²) in [7, 11) is 1.99. The van der Waals surface area contributed by atoms with Crippen LogP contribution in [0.3, 0.4) is 0 Å². The topological polar surface area (TPSA) is 119 Å². The zero-order chi connectivity index (χ0) is 40.4. The largest absolute Gasteiger partial charge is 0.480 e. The number of carbonyl (C=O) groups excluding carboxylic acids is 3. The fourth-order valence-corrected chi connectivity index (χ4v) is 7.33. The molecule has 0 heterocycles. The number of halogens is 1. The zero-order valence-electron chi connectivity index (χ0n) is 32.9. The van der Waals surface area contributed by atoms with Crippen LogP contribution < -0.4 is 10.6 Å². The van der Waals surface area contributed by atoms with Gasteiger partial charge in [0.2, 0.25) is 17.7 Å². The average Bonchev–Trinajstić information content (AvgIpc) is 3.16. The molecule has 0 aliphatic heterocycles. The maximum atomic E-state index is 14.7. The van der Waals surface area contributed by atoms with Crippen molar-refractivity contribution in [2.75, 3.05) is 20.1 Å². The van der Waals surface area contributed by atoms with Gasteiger partial charge < -0.3 is 25.5 Å². The van der Waals surface area contributed by atoms with E-state index in [9.17, 15) is 24.3 Å². The van der Waals surface area contributed by atoms with Crippen LogP contribution in [0.25, 0.3) is 21.5 Å². The van der Waals surface area contributed by atoms with Crippen molar-refractivity contribution < 1.29 is 24.3 Å². The van der Waals surface area contributed by atoms with Gasteiger partial charge in [0.25, 0.3) is 0 Å². The Hall–Kier alpha value is -5.25. The summed E-state index contributed by atoms with van der Waals surface area (Å²) in [5, 5.41) is 20.3. The summed E-state index contributed by atoms with van der Waals surface area (Å²) >= 11 is 6.52. The van der Waals surface area contributed by atoms with Crippen LogP contribution in [0.1, 0.15) is 50.8 Å². The van der Waals surface area contributed by atoms with Gasteiger partial charge in [0.05, 0.1) is 6.42 Å².